The standard InChI is InChI=1S/C21H27N5OS/c1-4-11-25-20(27)18-16-8-5-6-9-17(16)28-19(18)23-21(25)22-10-7-12-26-15(3)13-14(2)24-26/h4,13H,1,5-12H2,2-3H3,(H,22,23). The number of allylic oxidation sites excluding steroid dienone is 1. The van der Waals surface area contributed by atoms with E-state index in [2.05, 4.69) is 30.0 Å². The van der Waals surface area contributed by atoms with Crippen LogP contribution in [0, 0.1) is 13.8 Å². The van der Waals surface area contributed by atoms with Crippen LogP contribution in [0.25, 0.3) is 10.2 Å². The zero-order chi connectivity index (χ0) is 19.7. The van der Waals surface area contributed by atoms with Crippen molar-refractivity contribution in [3.63, 3.8) is 0 Å². The molecule has 7 heteroatoms. The molecule has 0 atom stereocenters. The second-order valence-corrected chi connectivity index (χ2v) is 8.55. The number of aryl methyl sites for hydroxylation is 5. The molecule has 1 aliphatic carbocycles. The maximum atomic E-state index is 13.2. The summed E-state index contributed by atoms with van der Waals surface area (Å²) in [6.45, 7) is 9.94. The zero-order valence-corrected chi connectivity index (χ0v) is 17.4. The van der Waals surface area contributed by atoms with Crippen LogP contribution in [0.1, 0.15) is 41.1 Å². The Labute approximate surface area is 168 Å². The number of rotatable bonds is 7. The lowest BCUT2D eigenvalue weighted by Crippen LogP contribution is -2.25. The van der Waals surface area contributed by atoms with Gasteiger partial charge in [-0.3, -0.25) is 14.0 Å². The highest BCUT2D eigenvalue weighted by atomic mass is 32.1. The summed E-state index contributed by atoms with van der Waals surface area (Å²) in [5.41, 5.74) is 3.51. The van der Waals surface area contributed by atoms with Crippen molar-refractivity contribution in [2.75, 3.05) is 11.9 Å². The number of nitrogens with zero attached hydrogens (tertiary/aromatic N) is 4. The van der Waals surface area contributed by atoms with E-state index in [-0.39, 0.29) is 5.56 Å². The molecule has 3 heterocycles. The first-order valence-corrected chi connectivity index (χ1v) is 10.8. The van der Waals surface area contributed by atoms with E-state index >= 15 is 0 Å². The minimum Gasteiger partial charge on any atom is -0.355 e. The summed E-state index contributed by atoms with van der Waals surface area (Å²) in [4.78, 5) is 20.2. The number of nitrogens with one attached hydrogen (secondary N) is 1. The van der Waals surface area contributed by atoms with Gasteiger partial charge in [0, 0.05) is 30.2 Å². The highest BCUT2D eigenvalue weighted by Gasteiger charge is 2.21. The van der Waals surface area contributed by atoms with Crippen molar-refractivity contribution in [2.24, 2.45) is 0 Å². The lowest BCUT2D eigenvalue weighted by Gasteiger charge is -2.14. The van der Waals surface area contributed by atoms with Crippen LogP contribution < -0.4 is 10.9 Å². The summed E-state index contributed by atoms with van der Waals surface area (Å²) in [7, 11) is 0. The Bertz CT molecular complexity index is 1070. The van der Waals surface area contributed by atoms with Crippen LogP contribution in [0.15, 0.2) is 23.5 Å². The maximum absolute atomic E-state index is 13.2. The molecule has 0 amide bonds. The van der Waals surface area contributed by atoms with Gasteiger partial charge in [-0.15, -0.1) is 17.9 Å². The number of thiophene rings is 1. The maximum Gasteiger partial charge on any atom is 0.264 e. The average Bonchev–Trinajstić information content (AvgIpc) is 3.20. The van der Waals surface area contributed by atoms with Crippen molar-refractivity contribution in [1.29, 1.82) is 0 Å². The molecule has 148 valence electrons. The van der Waals surface area contributed by atoms with Crippen LogP contribution in [0.2, 0.25) is 0 Å². The molecule has 28 heavy (non-hydrogen) atoms. The van der Waals surface area contributed by atoms with Gasteiger partial charge in [0.05, 0.1) is 11.1 Å². The highest BCUT2D eigenvalue weighted by molar-refractivity contribution is 7.18. The smallest absolute Gasteiger partial charge is 0.264 e. The quantitative estimate of drug-likeness (QED) is 0.486. The Kier molecular flexibility index (Phi) is 5.35. The van der Waals surface area contributed by atoms with Crippen LogP contribution in [0.3, 0.4) is 0 Å². The number of fused-ring (bicyclic) bond motifs is 3. The lowest BCUT2D eigenvalue weighted by atomic mass is 9.97. The van der Waals surface area contributed by atoms with Crippen LogP contribution in [0.4, 0.5) is 5.95 Å². The van der Waals surface area contributed by atoms with Crippen LogP contribution in [-0.2, 0) is 25.9 Å². The summed E-state index contributed by atoms with van der Waals surface area (Å²) in [6.07, 6.45) is 7.10. The largest absolute Gasteiger partial charge is 0.355 e. The second-order valence-electron chi connectivity index (χ2n) is 7.46. The molecular formula is C21H27N5OS. The van der Waals surface area contributed by atoms with Crippen molar-refractivity contribution in [3.05, 3.63) is 50.9 Å². The highest BCUT2D eigenvalue weighted by Crippen LogP contribution is 2.34. The third-order valence-corrected chi connectivity index (χ3v) is 6.51. The van der Waals surface area contributed by atoms with Gasteiger partial charge >= 0.3 is 0 Å². The Morgan fingerprint density at radius 3 is 2.89 bits per heavy atom. The van der Waals surface area contributed by atoms with Gasteiger partial charge in [-0.05, 0) is 57.6 Å². The molecule has 4 rings (SSSR count). The van der Waals surface area contributed by atoms with E-state index in [1.54, 1.807) is 22.0 Å². The van der Waals surface area contributed by atoms with Gasteiger partial charge in [-0.25, -0.2) is 4.98 Å². The molecule has 0 unspecified atom stereocenters. The predicted molar refractivity (Wildman–Crippen MR) is 116 cm³/mol. The Balaban J connectivity index is 1.57. The van der Waals surface area contributed by atoms with Crippen LogP contribution >= 0.6 is 11.3 Å². The molecule has 0 fully saturated rings. The fourth-order valence-electron chi connectivity index (χ4n) is 4.00. The molecule has 1 aliphatic rings. The Morgan fingerprint density at radius 1 is 1.32 bits per heavy atom. The van der Waals surface area contributed by atoms with Gasteiger partial charge < -0.3 is 5.32 Å². The van der Waals surface area contributed by atoms with Gasteiger partial charge in [0.1, 0.15) is 4.83 Å². The topological polar surface area (TPSA) is 64.7 Å². The van der Waals surface area contributed by atoms with Gasteiger partial charge in [-0.2, -0.15) is 5.10 Å². The molecule has 1 N–H and O–H groups in total. The van der Waals surface area contributed by atoms with E-state index in [4.69, 9.17) is 4.98 Å². The van der Waals surface area contributed by atoms with Gasteiger partial charge in [-0.1, -0.05) is 6.08 Å². The van der Waals surface area contributed by atoms with Crippen LogP contribution in [-0.4, -0.2) is 25.9 Å². The van der Waals surface area contributed by atoms with Gasteiger partial charge in [0.25, 0.3) is 5.56 Å². The fourth-order valence-corrected chi connectivity index (χ4v) is 5.25. The molecule has 3 aromatic heterocycles. The van der Waals surface area contributed by atoms with E-state index in [0.29, 0.717) is 12.5 Å². The van der Waals surface area contributed by atoms with Gasteiger partial charge in [0.15, 0.2) is 0 Å². The average molecular weight is 398 g/mol. The minimum atomic E-state index is 0.0605. The summed E-state index contributed by atoms with van der Waals surface area (Å²) < 4.78 is 3.75. The van der Waals surface area contributed by atoms with Crippen molar-refractivity contribution < 1.29 is 0 Å². The number of hydrogen-bond acceptors (Lipinski definition) is 5. The summed E-state index contributed by atoms with van der Waals surface area (Å²) in [5, 5.41) is 8.71. The Morgan fingerprint density at radius 2 is 2.14 bits per heavy atom. The second kappa shape index (κ2) is 7.91. The summed E-state index contributed by atoms with van der Waals surface area (Å²) in [6, 6.07) is 2.09. The van der Waals surface area contributed by atoms with Crippen LogP contribution in [0.5, 0.6) is 0 Å². The van der Waals surface area contributed by atoms with Gasteiger partial charge in [0.2, 0.25) is 5.95 Å². The molecule has 6 nitrogen and oxygen atoms in total. The van der Waals surface area contributed by atoms with E-state index in [9.17, 15) is 4.79 Å². The summed E-state index contributed by atoms with van der Waals surface area (Å²) in [5.74, 6) is 0.643. The van der Waals surface area contributed by atoms with Crippen molar-refractivity contribution in [1.82, 2.24) is 19.3 Å². The van der Waals surface area contributed by atoms with Crippen molar-refractivity contribution in [3.8, 4) is 0 Å². The first-order valence-electron chi connectivity index (χ1n) is 9.99. The first kappa shape index (κ1) is 18.9. The van der Waals surface area contributed by atoms with E-state index in [0.717, 1.165) is 54.7 Å². The SMILES string of the molecule is C=CCn1c(NCCCn2nc(C)cc2C)nc2sc3c(c2c1=O)CCCC3. The van der Waals surface area contributed by atoms with Crippen molar-refractivity contribution in [2.45, 2.75) is 59.0 Å². The molecule has 3 aromatic rings. The van der Waals surface area contributed by atoms with E-state index in [1.165, 1.54) is 22.6 Å². The monoisotopic (exact) mass is 397 g/mol. The molecule has 0 aliphatic heterocycles. The number of anilines is 1. The normalized spacial score (nSPS) is 13.6. The molecular weight excluding hydrogens is 370 g/mol. The molecule has 0 aromatic carbocycles. The molecule has 0 bridgehead atoms. The van der Waals surface area contributed by atoms with E-state index in [1.807, 2.05) is 11.6 Å². The summed E-state index contributed by atoms with van der Waals surface area (Å²) >= 11 is 1.69. The molecule has 0 saturated carbocycles. The lowest BCUT2D eigenvalue weighted by molar-refractivity contribution is 0.572. The Hall–Kier alpha value is -2.41. The third-order valence-electron chi connectivity index (χ3n) is 5.32. The zero-order valence-electron chi connectivity index (χ0n) is 16.6. The molecule has 0 radical (unpaired) electrons. The fraction of sp³-hybridized carbons (Fsp3) is 0.476. The number of hydrogen-bond donors (Lipinski definition) is 1. The minimum absolute atomic E-state index is 0.0605. The van der Waals surface area contributed by atoms with E-state index < -0.39 is 0 Å². The molecule has 0 spiro atoms. The third kappa shape index (κ3) is 3.51. The van der Waals surface area contributed by atoms with Crippen molar-refractivity contribution >= 4 is 27.5 Å². The number of aromatic nitrogens is 4. The molecule has 0 saturated heterocycles. The first-order chi connectivity index (χ1) is 13.6. The predicted octanol–water partition coefficient (Wildman–Crippen LogP) is 3.84.